The molecule has 1 heterocycles. The number of amides is 3. The van der Waals surface area contributed by atoms with Gasteiger partial charge < -0.3 is 10.6 Å². The van der Waals surface area contributed by atoms with Gasteiger partial charge in [0.15, 0.2) is 0 Å². The van der Waals surface area contributed by atoms with Gasteiger partial charge in [-0.1, -0.05) is 62.7 Å². The minimum atomic E-state index is -1.01. The van der Waals surface area contributed by atoms with Crippen molar-refractivity contribution in [2.75, 3.05) is 15.5 Å². The van der Waals surface area contributed by atoms with E-state index >= 15 is 0 Å². The van der Waals surface area contributed by atoms with Gasteiger partial charge in [0.1, 0.15) is 6.04 Å². The molecule has 1 atom stereocenters. The quantitative estimate of drug-likeness (QED) is 0.513. The molecule has 0 saturated carbocycles. The van der Waals surface area contributed by atoms with Gasteiger partial charge in [-0.2, -0.15) is 0 Å². The molecule has 7 heteroatoms. The molecule has 0 radical (unpaired) electrons. The van der Waals surface area contributed by atoms with Crippen molar-refractivity contribution in [3.63, 3.8) is 0 Å². The maximum atomic E-state index is 13.7. The van der Waals surface area contributed by atoms with Gasteiger partial charge in [-0.3, -0.25) is 19.3 Å². The summed E-state index contributed by atoms with van der Waals surface area (Å²) in [6.45, 7) is 6.30. The number of rotatable bonds is 4. The Hall–Kier alpha value is -3.64. The second-order valence-corrected chi connectivity index (χ2v) is 9.72. The summed E-state index contributed by atoms with van der Waals surface area (Å²) in [4.78, 5) is 40.9. The number of hydrogen-bond acceptors (Lipinski definition) is 3. The highest BCUT2D eigenvalue weighted by Crippen LogP contribution is 2.34. The van der Waals surface area contributed by atoms with Crippen LogP contribution in [0.15, 0.2) is 72.8 Å². The van der Waals surface area contributed by atoms with Crippen molar-refractivity contribution in [2.24, 2.45) is 0 Å². The van der Waals surface area contributed by atoms with E-state index in [0.29, 0.717) is 27.6 Å². The maximum Gasteiger partial charge on any atom is 0.259 e. The predicted molar refractivity (Wildman–Crippen MR) is 136 cm³/mol. The number of hydrogen-bond donors (Lipinski definition) is 2. The first kappa shape index (κ1) is 23.5. The minimum absolute atomic E-state index is 0.0554. The molecule has 3 amide bonds. The number of para-hydroxylation sites is 2. The topological polar surface area (TPSA) is 78.5 Å². The Morgan fingerprint density at radius 2 is 1.71 bits per heavy atom. The number of benzene rings is 3. The molecular weight excluding hydrogens is 450 g/mol. The zero-order valence-corrected chi connectivity index (χ0v) is 20.0. The molecule has 3 aromatic rings. The van der Waals surface area contributed by atoms with Gasteiger partial charge in [0.2, 0.25) is 11.8 Å². The number of nitrogens with one attached hydrogen (secondary N) is 2. The lowest BCUT2D eigenvalue weighted by Crippen LogP contribution is -2.52. The molecule has 4 rings (SSSR count). The third kappa shape index (κ3) is 4.97. The Bertz CT molecular complexity index is 1250. The Balaban J connectivity index is 1.65. The number of anilines is 3. The van der Waals surface area contributed by atoms with E-state index in [1.165, 1.54) is 4.90 Å². The Labute approximate surface area is 203 Å². The standard InChI is InChI=1S/C27H26ClN3O3/c1-27(2,3)18-13-11-17(12-14-18)26(34)31-22-10-5-4-9-21(22)30-25(33)23(31)16-24(32)29-20-8-6-7-19(28)15-20/h4-15,23H,16H2,1-3H3,(H,29,32)(H,30,33)/t23-/m0/s1. The predicted octanol–water partition coefficient (Wildman–Crippen LogP) is 5.63. The monoisotopic (exact) mass is 475 g/mol. The molecule has 0 aromatic heterocycles. The van der Waals surface area contributed by atoms with E-state index in [4.69, 9.17) is 11.6 Å². The summed E-state index contributed by atoms with van der Waals surface area (Å²) in [5.74, 6) is -1.16. The SMILES string of the molecule is CC(C)(C)c1ccc(C(=O)N2c3ccccc3NC(=O)[C@@H]2CC(=O)Nc2cccc(Cl)c2)cc1. The smallest absolute Gasteiger partial charge is 0.259 e. The molecule has 34 heavy (non-hydrogen) atoms. The first-order valence-electron chi connectivity index (χ1n) is 11.0. The molecule has 2 N–H and O–H groups in total. The van der Waals surface area contributed by atoms with Gasteiger partial charge >= 0.3 is 0 Å². The molecule has 6 nitrogen and oxygen atoms in total. The zero-order chi connectivity index (χ0) is 24.5. The van der Waals surface area contributed by atoms with Crippen LogP contribution in [0.1, 0.15) is 43.1 Å². The highest BCUT2D eigenvalue weighted by Gasteiger charge is 2.38. The van der Waals surface area contributed by atoms with Crippen LogP contribution >= 0.6 is 11.6 Å². The summed E-state index contributed by atoms with van der Waals surface area (Å²) in [5, 5.41) is 6.06. The summed E-state index contributed by atoms with van der Waals surface area (Å²) < 4.78 is 0. The van der Waals surface area contributed by atoms with Gasteiger partial charge in [0.25, 0.3) is 5.91 Å². The molecule has 0 fully saturated rings. The number of halogens is 1. The first-order chi connectivity index (χ1) is 16.1. The minimum Gasteiger partial charge on any atom is -0.326 e. The van der Waals surface area contributed by atoms with E-state index in [-0.39, 0.29) is 17.7 Å². The van der Waals surface area contributed by atoms with Crippen LogP contribution in [0.2, 0.25) is 5.02 Å². The van der Waals surface area contributed by atoms with Crippen molar-refractivity contribution < 1.29 is 14.4 Å². The first-order valence-corrected chi connectivity index (χ1v) is 11.4. The van der Waals surface area contributed by atoms with Crippen molar-refractivity contribution in [3.8, 4) is 0 Å². The van der Waals surface area contributed by atoms with Crippen LogP contribution in [0.3, 0.4) is 0 Å². The second-order valence-electron chi connectivity index (χ2n) is 9.29. The summed E-state index contributed by atoms with van der Waals surface area (Å²) in [6.07, 6.45) is -0.210. The third-order valence-corrected chi connectivity index (χ3v) is 5.97. The van der Waals surface area contributed by atoms with Gasteiger partial charge in [-0.25, -0.2) is 0 Å². The van der Waals surface area contributed by atoms with Crippen molar-refractivity contribution in [3.05, 3.63) is 88.9 Å². The fourth-order valence-corrected chi connectivity index (χ4v) is 4.12. The highest BCUT2D eigenvalue weighted by molar-refractivity contribution is 6.31. The zero-order valence-electron chi connectivity index (χ0n) is 19.3. The molecule has 0 bridgehead atoms. The van der Waals surface area contributed by atoms with E-state index in [9.17, 15) is 14.4 Å². The van der Waals surface area contributed by atoms with Crippen LogP contribution in [0, 0.1) is 0 Å². The van der Waals surface area contributed by atoms with Crippen LogP contribution < -0.4 is 15.5 Å². The number of carbonyl (C=O) groups excluding carboxylic acids is 3. The molecule has 1 aliphatic rings. The lowest BCUT2D eigenvalue weighted by atomic mass is 9.86. The molecule has 3 aromatic carbocycles. The molecule has 0 unspecified atom stereocenters. The average molecular weight is 476 g/mol. The molecular formula is C27H26ClN3O3. The molecule has 0 spiro atoms. The Kier molecular flexibility index (Phi) is 6.44. The summed E-state index contributed by atoms with van der Waals surface area (Å²) in [7, 11) is 0. The fraction of sp³-hybridized carbons (Fsp3) is 0.222. The molecule has 174 valence electrons. The lowest BCUT2D eigenvalue weighted by molar-refractivity contribution is -0.122. The van der Waals surface area contributed by atoms with Crippen molar-refractivity contribution >= 4 is 46.4 Å². The van der Waals surface area contributed by atoms with Crippen LogP contribution in [-0.4, -0.2) is 23.8 Å². The van der Waals surface area contributed by atoms with Crippen molar-refractivity contribution in [1.82, 2.24) is 0 Å². The third-order valence-electron chi connectivity index (χ3n) is 5.74. The number of nitrogens with zero attached hydrogens (tertiary/aromatic N) is 1. The molecule has 0 saturated heterocycles. The van der Waals surface area contributed by atoms with E-state index in [1.54, 1.807) is 60.7 Å². The summed E-state index contributed by atoms with van der Waals surface area (Å²) >= 11 is 6.00. The van der Waals surface area contributed by atoms with Crippen LogP contribution in [0.25, 0.3) is 0 Å². The highest BCUT2D eigenvalue weighted by atomic mass is 35.5. The normalized spacial score (nSPS) is 15.4. The van der Waals surface area contributed by atoms with Gasteiger partial charge in [-0.05, 0) is 53.4 Å². The van der Waals surface area contributed by atoms with Gasteiger partial charge in [-0.15, -0.1) is 0 Å². The average Bonchev–Trinajstić information content (AvgIpc) is 2.78. The van der Waals surface area contributed by atoms with Crippen molar-refractivity contribution in [1.29, 1.82) is 0 Å². The van der Waals surface area contributed by atoms with Crippen LogP contribution in [-0.2, 0) is 15.0 Å². The Morgan fingerprint density at radius 3 is 2.38 bits per heavy atom. The molecule has 0 aliphatic carbocycles. The fourth-order valence-electron chi connectivity index (χ4n) is 3.93. The van der Waals surface area contributed by atoms with E-state index in [1.807, 2.05) is 12.1 Å². The van der Waals surface area contributed by atoms with Gasteiger partial charge in [0, 0.05) is 16.3 Å². The van der Waals surface area contributed by atoms with Gasteiger partial charge in [0.05, 0.1) is 17.8 Å². The lowest BCUT2D eigenvalue weighted by Gasteiger charge is -2.36. The maximum absolute atomic E-state index is 13.7. The Morgan fingerprint density at radius 1 is 1.00 bits per heavy atom. The number of fused-ring (bicyclic) bond motifs is 1. The number of carbonyl (C=O) groups is 3. The largest absolute Gasteiger partial charge is 0.326 e. The van der Waals surface area contributed by atoms with E-state index < -0.39 is 17.9 Å². The van der Waals surface area contributed by atoms with Crippen LogP contribution in [0.4, 0.5) is 17.1 Å². The van der Waals surface area contributed by atoms with E-state index in [0.717, 1.165) is 5.56 Å². The summed E-state index contributed by atoms with van der Waals surface area (Å²) in [5.41, 5.74) is 3.08. The second kappa shape index (κ2) is 9.31. The summed E-state index contributed by atoms with van der Waals surface area (Å²) in [6, 6.07) is 20.2. The molecule has 1 aliphatic heterocycles. The van der Waals surface area contributed by atoms with Crippen molar-refractivity contribution in [2.45, 2.75) is 38.6 Å². The van der Waals surface area contributed by atoms with Crippen LogP contribution in [0.5, 0.6) is 0 Å². The van der Waals surface area contributed by atoms with E-state index in [2.05, 4.69) is 31.4 Å².